The molecule has 10 heteroatoms. The van der Waals surface area contributed by atoms with Crippen molar-refractivity contribution in [2.45, 2.75) is 76.9 Å². The molecule has 8 nitrogen and oxygen atoms in total. The lowest BCUT2D eigenvalue weighted by molar-refractivity contribution is 0.0556. The summed E-state index contributed by atoms with van der Waals surface area (Å²) in [6.45, 7) is 8.45. The molecule has 1 saturated heterocycles. The van der Waals surface area contributed by atoms with Gasteiger partial charge >= 0.3 is 6.09 Å². The van der Waals surface area contributed by atoms with Gasteiger partial charge in [0.25, 0.3) is 0 Å². The van der Waals surface area contributed by atoms with Crippen molar-refractivity contribution >= 4 is 40.0 Å². The van der Waals surface area contributed by atoms with E-state index < -0.39 is 11.6 Å². The van der Waals surface area contributed by atoms with Crippen LogP contribution in [0.3, 0.4) is 0 Å². The molecule has 1 saturated carbocycles. The van der Waals surface area contributed by atoms with Gasteiger partial charge in [-0.25, -0.2) is 14.8 Å². The molecule has 192 valence electrons. The lowest BCUT2D eigenvalue weighted by Crippen LogP contribution is -2.52. The maximum Gasteiger partial charge on any atom is 0.407 e. The molecule has 0 unspecified atom stereocenters. The minimum atomic E-state index is -0.845. The number of rotatable bonds is 7. The number of carboxylic acid groups (broad SMARTS) is 1. The van der Waals surface area contributed by atoms with E-state index in [-0.39, 0.29) is 12.1 Å². The lowest BCUT2D eigenvalue weighted by Gasteiger charge is -2.42. The molecule has 0 radical (unpaired) electrons. The van der Waals surface area contributed by atoms with Gasteiger partial charge in [-0.05, 0) is 71.3 Å². The Morgan fingerprint density at radius 3 is 2.60 bits per heavy atom. The molecular formula is C25H36ClN5O3S. The summed E-state index contributed by atoms with van der Waals surface area (Å²) in [6, 6.07) is 2.25. The Kier molecular flexibility index (Phi) is 8.39. The van der Waals surface area contributed by atoms with Gasteiger partial charge in [0.05, 0.1) is 10.7 Å². The number of pyridine rings is 1. The van der Waals surface area contributed by atoms with Gasteiger partial charge in [0.1, 0.15) is 5.82 Å². The molecule has 0 spiro atoms. The Morgan fingerprint density at radius 1 is 1.23 bits per heavy atom. The zero-order chi connectivity index (χ0) is 25.0. The number of nitrogens with zero attached hydrogens (tertiary/aromatic N) is 3. The van der Waals surface area contributed by atoms with Crippen LogP contribution >= 0.6 is 22.9 Å². The molecule has 1 aliphatic heterocycles. The van der Waals surface area contributed by atoms with Crippen LogP contribution in [0.4, 0.5) is 15.7 Å². The van der Waals surface area contributed by atoms with Gasteiger partial charge in [-0.2, -0.15) is 0 Å². The first kappa shape index (κ1) is 26.0. The van der Waals surface area contributed by atoms with E-state index in [1.165, 1.54) is 0 Å². The Morgan fingerprint density at radius 2 is 1.94 bits per heavy atom. The van der Waals surface area contributed by atoms with Gasteiger partial charge in [-0.15, -0.1) is 11.3 Å². The molecule has 35 heavy (non-hydrogen) atoms. The second-order valence-electron chi connectivity index (χ2n) is 10.5. The van der Waals surface area contributed by atoms with Crippen molar-refractivity contribution in [2.75, 3.05) is 30.4 Å². The molecule has 4 rings (SSSR count). The number of nitrogens with one attached hydrogen (secondary N) is 2. The first-order chi connectivity index (χ1) is 16.7. The van der Waals surface area contributed by atoms with Gasteiger partial charge in [0.2, 0.25) is 0 Å². The highest BCUT2D eigenvalue weighted by Gasteiger charge is 2.35. The maximum atomic E-state index is 11.8. The fraction of sp³-hybridized carbons (Fsp3) is 0.640. The number of amides is 1. The van der Waals surface area contributed by atoms with Crippen LogP contribution in [0.15, 0.2) is 17.6 Å². The fourth-order valence-electron chi connectivity index (χ4n) is 5.05. The Hall–Kier alpha value is -2.10. The topological polar surface area (TPSA) is 99.6 Å². The number of anilines is 2. The molecule has 1 aliphatic carbocycles. The highest BCUT2D eigenvalue weighted by Crippen LogP contribution is 2.34. The average Bonchev–Trinajstić information content (AvgIpc) is 3.28. The summed E-state index contributed by atoms with van der Waals surface area (Å²) < 4.78 is 5.44. The van der Waals surface area contributed by atoms with E-state index in [1.807, 2.05) is 32.2 Å². The summed E-state index contributed by atoms with van der Waals surface area (Å²) in [7, 11) is 0. The second kappa shape index (κ2) is 11.3. The summed E-state index contributed by atoms with van der Waals surface area (Å²) in [5.74, 6) is 1.39. The minimum Gasteiger partial charge on any atom is -0.465 e. The predicted molar refractivity (Wildman–Crippen MR) is 142 cm³/mol. The molecule has 1 amide bonds. The van der Waals surface area contributed by atoms with Crippen LogP contribution in [0.1, 0.15) is 59.3 Å². The standard InChI is InChI=1S/C25H36ClN5O3S/c1-25(2,3)31(24(32)33)18-6-4-17(5-7-18)29-22-12-19(20(26)14-27-22)21-15-35-23(30-21)28-13-16-8-10-34-11-9-16/h12,14-18H,4-11,13H2,1-3H3,(H,27,29)(H,28,30)(H,32,33). The lowest BCUT2D eigenvalue weighted by atomic mass is 9.88. The second-order valence-corrected chi connectivity index (χ2v) is 11.8. The number of halogens is 1. The van der Waals surface area contributed by atoms with E-state index in [4.69, 9.17) is 21.3 Å². The van der Waals surface area contributed by atoms with Crippen LogP contribution in [0.5, 0.6) is 0 Å². The SMILES string of the molecule is CC(C)(C)N(C(=O)O)C1CCC(Nc2cc(-c3csc(NCC4CCOCC4)n3)c(Cl)cn2)CC1. The average molecular weight is 522 g/mol. The highest BCUT2D eigenvalue weighted by atomic mass is 35.5. The summed E-state index contributed by atoms with van der Waals surface area (Å²) in [5.41, 5.74) is 1.29. The van der Waals surface area contributed by atoms with E-state index in [1.54, 1.807) is 22.4 Å². The van der Waals surface area contributed by atoms with Crippen molar-refractivity contribution < 1.29 is 14.6 Å². The summed E-state index contributed by atoms with van der Waals surface area (Å²) >= 11 is 8.07. The van der Waals surface area contributed by atoms with Crippen LogP contribution < -0.4 is 10.6 Å². The van der Waals surface area contributed by atoms with Crippen LogP contribution in [0.2, 0.25) is 5.02 Å². The molecule has 3 heterocycles. The number of aromatic nitrogens is 2. The molecule has 2 aromatic heterocycles. The minimum absolute atomic E-state index is 0.0429. The van der Waals surface area contributed by atoms with E-state index in [2.05, 4.69) is 15.6 Å². The van der Waals surface area contributed by atoms with Gasteiger partial charge in [-0.1, -0.05) is 11.6 Å². The number of carbonyl (C=O) groups is 1. The van der Waals surface area contributed by atoms with Gasteiger partial charge in [0.15, 0.2) is 5.13 Å². The number of ether oxygens (including phenoxy) is 1. The first-order valence-electron chi connectivity index (χ1n) is 12.4. The molecule has 0 bridgehead atoms. The Bertz CT molecular complexity index is 997. The Balaban J connectivity index is 1.35. The van der Waals surface area contributed by atoms with Crippen LogP contribution in [0.25, 0.3) is 11.3 Å². The fourth-order valence-corrected chi connectivity index (χ4v) is 5.97. The van der Waals surface area contributed by atoms with Crippen molar-refractivity contribution in [3.63, 3.8) is 0 Å². The van der Waals surface area contributed by atoms with Gasteiger partial charge in [0, 0.05) is 54.5 Å². The number of hydrogen-bond donors (Lipinski definition) is 3. The number of thiazole rings is 1. The van der Waals surface area contributed by atoms with E-state index >= 15 is 0 Å². The molecule has 3 N–H and O–H groups in total. The molecule has 2 fully saturated rings. The molecule has 0 atom stereocenters. The third-order valence-corrected chi connectivity index (χ3v) is 7.96. The van der Waals surface area contributed by atoms with Crippen LogP contribution in [-0.2, 0) is 4.74 Å². The van der Waals surface area contributed by atoms with Gasteiger partial charge in [-0.3, -0.25) is 0 Å². The van der Waals surface area contributed by atoms with Crippen molar-refractivity contribution in [3.05, 3.63) is 22.7 Å². The van der Waals surface area contributed by atoms with E-state index in [0.29, 0.717) is 10.9 Å². The van der Waals surface area contributed by atoms with Crippen LogP contribution in [0, 0.1) is 5.92 Å². The maximum absolute atomic E-state index is 11.8. The van der Waals surface area contributed by atoms with Gasteiger partial charge < -0.3 is 25.4 Å². The zero-order valence-corrected chi connectivity index (χ0v) is 22.3. The van der Waals surface area contributed by atoms with Crippen molar-refractivity contribution in [1.82, 2.24) is 14.9 Å². The largest absolute Gasteiger partial charge is 0.465 e. The molecule has 0 aromatic carbocycles. The third-order valence-electron chi connectivity index (χ3n) is 6.86. The third kappa shape index (κ3) is 6.77. The molecular weight excluding hydrogens is 486 g/mol. The van der Waals surface area contributed by atoms with E-state index in [0.717, 1.165) is 80.5 Å². The van der Waals surface area contributed by atoms with Crippen molar-refractivity contribution in [1.29, 1.82) is 0 Å². The predicted octanol–water partition coefficient (Wildman–Crippen LogP) is 6.20. The van der Waals surface area contributed by atoms with E-state index in [9.17, 15) is 9.90 Å². The first-order valence-corrected chi connectivity index (χ1v) is 13.7. The zero-order valence-electron chi connectivity index (χ0n) is 20.7. The monoisotopic (exact) mass is 521 g/mol. The van der Waals surface area contributed by atoms with Crippen molar-refractivity contribution in [2.24, 2.45) is 5.92 Å². The normalized spacial score (nSPS) is 21.5. The molecule has 2 aliphatic rings. The van der Waals surface area contributed by atoms with Crippen molar-refractivity contribution in [3.8, 4) is 11.3 Å². The Labute approximate surface area is 216 Å². The smallest absolute Gasteiger partial charge is 0.407 e. The molecule has 2 aromatic rings. The quantitative estimate of drug-likeness (QED) is 0.399. The summed E-state index contributed by atoms with van der Waals surface area (Å²) in [5, 5.41) is 20.2. The van der Waals surface area contributed by atoms with Crippen LogP contribution in [-0.4, -0.2) is 63.4 Å². The highest BCUT2D eigenvalue weighted by molar-refractivity contribution is 7.14. The summed E-state index contributed by atoms with van der Waals surface area (Å²) in [4.78, 5) is 22.7. The summed E-state index contributed by atoms with van der Waals surface area (Å²) in [6.07, 6.45) is 6.44. The number of hydrogen-bond acceptors (Lipinski definition) is 7.